The van der Waals surface area contributed by atoms with Crippen molar-refractivity contribution in [3.63, 3.8) is 0 Å². The van der Waals surface area contributed by atoms with Crippen LogP contribution in [0.15, 0.2) is 18.2 Å². The van der Waals surface area contributed by atoms with Crippen LogP contribution in [0, 0.1) is 0 Å². The maximum Gasteiger partial charge on any atom is 0.317 e. The van der Waals surface area contributed by atoms with Gasteiger partial charge in [0.05, 0.1) is 12.6 Å². The lowest BCUT2D eigenvalue weighted by molar-refractivity contribution is -0.135. The number of rotatable bonds is 3. The second kappa shape index (κ2) is 7.49. The minimum absolute atomic E-state index is 0.208. The van der Waals surface area contributed by atoms with Crippen molar-refractivity contribution in [3.8, 4) is 11.5 Å². The number of aromatic hydroxyl groups is 2. The van der Waals surface area contributed by atoms with Gasteiger partial charge in [0.25, 0.3) is 0 Å². The van der Waals surface area contributed by atoms with Crippen molar-refractivity contribution in [2.24, 2.45) is 11.5 Å². The Kier molecular flexibility index (Phi) is 6.73. The molecule has 1 aromatic rings. The van der Waals surface area contributed by atoms with Gasteiger partial charge in [-0.2, -0.15) is 0 Å². The van der Waals surface area contributed by atoms with Gasteiger partial charge in [0.2, 0.25) is 0 Å². The lowest BCUT2D eigenvalue weighted by Crippen LogP contribution is -2.24. The first kappa shape index (κ1) is 16.2. The normalized spacial score (nSPS) is 13.1. The van der Waals surface area contributed by atoms with E-state index in [4.69, 9.17) is 21.1 Å². The van der Waals surface area contributed by atoms with E-state index in [1.54, 1.807) is 6.92 Å². The fourth-order valence-corrected chi connectivity index (χ4v) is 1.03. The Labute approximate surface area is 104 Å². The number of phenols is 2. The van der Waals surface area contributed by atoms with Gasteiger partial charge < -0.3 is 31.9 Å². The van der Waals surface area contributed by atoms with E-state index in [1.165, 1.54) is 18.2 Å². The minimum Gasteiger partial charge on any atom is -0.504 e. The van der Waals surface area contributed by atoms with Gasteiger partial charge in [0.15, 0.2) is 11.5 Å². The van der Waals surface area contributed by atoms with Gasteiger partial charge >= 0.3 is 5.97 Å². The number of carbonyl (C=O) groups is 1. The first-order chi connectivity index (χ1) is 8.29. The SMILES string of the molecule is C[C@H](N)[C@H](O)c1ccc(O)c(O)c1.NCC(=O)O. The van der Waals surface area contributed by atoms with E-state index in [0.29, 0.717) is 5.56 Å². The molecule has 1 rings (SSSR count). The van der Waals surface area contributed by atoms with Crippen LogP contribution >= 0.6 is 0 Å². The summed E-state index contributed by atoms with van der Waals surface area (Å²) in [6.45, 7) is 1.38. The first-order valence-corrected chi connectivity index (χ1v) is 5.17. The Morgan fingerprint density at radius 3 is 2.17 bits per heavy atom. The van der Waals surface area contributed by atoms with E-state index in [0.717, 1.165) is 0 Å². The van der Waals surface area contributed by atoms with E-state index in [1.807, 2.05) is 0 Å². The molecule has 102 valence electrons. The topological polar surface area (TPSA) is 150 Å². The molecule has 0 radical (unpaired) electrons. The summed E-state index contributed by atoms with van der Waals surface area (Å²) in [5.74, 6) is -1.43. The van der Waals surface area contributed by atoms with Crippen LogP contribution in [-0.2, 0) is 4.79 Å². The third-order valence-electron chi connectivity index (χ3n) is 2.01. The van der Waals surface area contributed by atoms with Crippen LogP contribution in [-0.4, -0.2) is 39.0 Å². The number of carboxylic acids is 1. The minimum atomic E-state index is -0.968. The third kappa shape index (κ3) is 5.48. The van der Waals surface area contributed by atoms with Crippen molar-refractivity contribution in [3.05, 3.63) is 23.8 Å². The molecule has 0 bridgehead atoms. The molecule has 0 spiro atoms. The van der Waals surface area contributed by atoms with E-state index < -0.39 is 18.1 Å². The van der Waals surface area contributed by atoms with Crippen LogP contribution in [0.25, 0.3) is 0 Å². The summed E-state index contributed by atoms with van der Waals surface area (Å²) in [6, 6.07) is 3.71. The zero-order valence-corrected chi connectivity index (χ0v) is 9.95. The largest absolute Gasteiger partial charge is 0.504 e. The van der Waals surface area contributed by atoms with Crippen LogP contribution in [0.1, 0.15) is 18.6 Å². The summed E-state index contributed by atoms with van der Waals surface area (Å²) >= 11 is 0. The highest BCUT2D eigenvalue weighted by molar-refractivity contribution is 5.68. The highest BCUT2D eigenvalue weighted by Gasteiger charge is 2.13. The summed E-state index contributed by atoms with van der Waals surface area (Å²) in [6.07, 6.45) is -0.827. The van der Waals surface area contributed by atoms with Gasteiger partial charge in [-0.3, -0.25) is 4.79 Å². The fourth-order valence-electron chi connectivity index (χ4n) is 1.03. The van der Waals surface area contributed by atoms with Gasteiger partial charge in [-0.05, 0) is 24.6 Å². The maximum absolute atomic E-state index is 9.50. The lowest BCUT2D eigenvalue weighted by Gasteiger charge is -2.14. The van der Waals surface area contributed by atoms with E-state index in [-0.39, 0.29) is 18.0 Å². The number of hydrogen-bond donors (Lipinski definition) is 6. The number of nitrogens with two attached hydrogens (primary N) is 2. The number of hydrogen-bond acceptors (Lipinski definition) is 6. The zero-order valence-electron chi connectivity index (χ0n) is 9.95. The molecule has 0 saturated heterocycles. The summed E-state index contributed by atoms with van der Waals surface area (Å²) in [7, 11) is 0. The molecule has 0 fully saturated rings. The molecular weight excluding hydrogens is 240 g/mol. The van der Waals surface area contributed by atoms with Crippen LogP contribution in [0.2, 0.25) is 0 Å². The molecule has 7 heteroatoms. The molecule has 0 saturated carbocycles. The average Bonchev–Trinajstić information content (AvgIpc) is 2.32. The monoisotopic (exact) mass is 258 g/mol. The molecule has 8 N–H and O–H groups in total. The van der Waals surface area contributed by atoms with Gasteiger partial charge in [0, 0.05) is 6.04 Å². The molecular formula is C11H18N2O5. The Bertz CT molecular complexity index is 395. The second-order valence-electron chi connectivity index (χ2n) is 3.65. The van der Waals surface area contributed by atoms with E-state index in [2.05, 4.69) is 5.73 Å². The number of aliphatic carboxylic acids is 1. The van der Waals surface area contributed by atoms with Crippen molar-refractivity contribution in [2.75, 3.05) is 6.54 Å². The fraction of sp³-hybridized carbons (Fsp3) is 0.364. The first-order valence-electron chi connectivity index (χ1n) is 5.17. The summed E-state index contributed by atoms with van der Waals surface area (Å²) < 4.78 is 0. The third-order valence-corrected chi connectivity index (χ3v) is 2.01. The molecule has 1 aromatic carbocycles. The van der Waals surface area contributed by atoms with Crippen molar-refractivity contribution < 1.29 is 25.2 Å². The van der Waals surface area contributed by atoms with Crippen molar-refractivity contribution in [1.82, 2.24) is 0 Å². The Morgan fingerprint density at radius 2 is 1.83 bits per heavy atom. The highest BCUT2D eigenvalue weighted by atomic mass is 16.4. The zero-order chi connectivity index (χ0) is 14.3. The number of aliphatic hydroxyl groups is 1. The molecule has 18 heavy (non-hydrogen) atoms. The predicted molar refractivity (Wildman–Crippen MR) is 65.1 cm³/mol. The van der Waals surface area contributed by atoms with E-state index >= 15 is 0 Å². The van der Waals surface area contributed by atoms with Crippen molar-refractivity contribution >= 4 is 5.97 Å². The van der Waals surface area contributed by atoms with Crippen molar-refractivity contribution in [1.29, 1.82) is 0 Å². The number of aliphatic hydroxyl groups excluding tert-OH is 1. The summed E-state index contributed by atoms with van der Waals surface area (Å²) in [5, 5.41) is 35.2. The Balaban J connectivity index is 0.000000494. The molecule has 0 unspecified atom stereocenters. The van der Waals surface area contributed by atoms with Crippen LogP contribution < -0.4 is 11.5 Å². The average molecular weight is 258 g/mol. The van der Waals surface area contributed by atoms with Gasteiger partial charge in [0.1, 0.15) is 0 Å². The summed E-state index contributed by atoms with van der Waals surface area (Å²) in [5.41, 5.74) is 10.5. The van der Waals surface area contributed by atoms with E-state index in [9.17, 15) is 9.90 Å². The molecule has 0 aliphatic heterocycles. The summed E-state index contributed by atoms with van der Waals surface area (Å²) in [4.78, 5) is 9.24. The maximum atomic E-state index is 9.50. The molecule has 0 amide bonds. The molecule has 0 aliphatic rings. The lowest BCUT2D eigenvalue weighted by atomic mass is 10.0. The molecule has 0 heterocycles. The Hall–Kier alpha value is -1.83. The number of phenolic OH excluding ortho intramolecular Hbond substituents is 2. The van der Waals surface area contributed by atoms with Gasteiger partial charge in [-0.1, -0.05) is 6.07 Å². The quantitative estimate of drug-likeness (QED) is 0.400. The predicted octanol–water partition coefficient (Wildman–Crippen LogP) is -0.492. The standard InChI is InChI=1S/C9H13NO3.C2H5NO2/c1-5(10)9(13)6-2-3-7(11)8(12)4-6;3-1-2(4)5/h2-5,9,11-13H,10H2,1H3;1,3H2,(H,4,5)/t5-,9-;/m0./s1. The van der Waals surface area contributed by atoms with Crippen molar-refractivity contribution in [2.45, 2.75) is 19.1 Å². The molecule has 7 nitrogen and oxygen atoms in total. The number of carboxylic acid groups (broad SMARTS) is 1. The molecule has 2 atom stereocenters. The Morgan fingerprint density at radius 1 is 1.33 bits per heavy atom. The number of benzene rings is 1. The van der Waals surface area contributed by atoms with Gasteiger partial charge in [-0.15, -0.1) is 0 Å². The second-order valence-corrected chi connectivity index (χ2v) is 3.65. The molecule has 0 aromatic heterocycles. The van der Waals surface area contributed by atoms with Crippen LogP contribution in [0.5, 0.6) is 11.5 Å². The highest BCUT2D eigenvalue weighted by Crippen LogP contribution is 2.28. The van der Waals surface area contributed by atoms with Gasteiger partial charge in [-0.25, -0.2) is 0 Å². The van der Waals surface area contributed by atoms with Crippen LogP contribution in [0.3, 0.4) is 0 Å². The smallest absolute Gasteiger partial charge is 0.317 e. The van der Waals surface area contributed by atoms with Crippen LogP contribution in [0.4, 0.5) is 0 Å². The molecule has 0 aliphatic carbocycles.